The zero-order chi connectivity index (χ0) is 5.15. The third kappa shape index (κ3) is 4.35. The monoisotopic (exact) mass is 421 g/mol. The van der Waals surface area contributed by atoms with Gasteiger partial charge in [0, 0.05) is 3.92 Å². The summed E-state index contributed by atoms with van der Waals surface area (Å²) >= 11 is 7.04. The molecule has 0 rings (SSSR count). The highest BCUT2D eigenvalue weighted by Gasteiger charge is 2.03. The molecule has 0 bridgehead atoms. The van der Waals surface area contributed by atoms with Crippen molar-refractivity contribution in [3.8, 4) is 0 Å². The highest BCUT2D eigenvalue weighted by atomic mass is 127. The van der Waals surface area contributed by atoms with Gasteiger partial charge in [-0.3, -0.25) is 0 Å². The van der Waals surface area contributed by atoms with Crippen LogP contribution in [0.5, 0.6) is 0 Å². The van der Waals surface area contributed by atoms with Gasteiger partial charge in [0.1, 0.15) is 1.93 Å². The molecule has 37 valence electrons. The van der Waals surface area contributed by atoms with Crippen LogP contribution in [0.1, 0.15) is 6.92 Å². The van der Waals surface area contributed by atoms with E-state index < -0.39 is 0 Å². The SMILES string of the molecule is CC(I)[C](I)I. The number of rotatable bonds is 1. The van der Waals surface area contributed by atoms with Gasteiger partial charge in [-0.1, -0.05) is 74.7 Å². The number of alkyl halides is 1. The van der Waals surface area contributed by atoms with Gasteiger partial charge in [0.05, 0.1) is 0 Å². The van der Waals surface area contributed by atoms with E-state index in [0.29, 0.717) is 3.92 Å². The maximum atomic E-state index is 2.38. The van der Waals surface area contributed by atoms with E-state index in [4.69, 9.17) is 0 Å². The van der Waals surface area contributed by atoms with Crippen molar-refractivity contribution in [3.05, 3.63) is 1.93 Å². The Bertz CT molecular complexity index is 27.0. The third-order valence-electron chi connectivity index (χ3n) is 0.301. The van der Waals surface area contributed by atoms with E-state index in [0.717, 1.165) is 0 Å². The van der Waals surface area contributed by atoms with Gasteiger partial charge in [-0.05, 0) is 0 Å². The summed E-state index contributed by atoms with van der Waals surface area (Å²) in [7, 11) is 0. The molecule has 6 heavy (non-hydrogen) atoms. The molecule has 0 saturated carbocycles. The Kier molecular flexibility index (Phi) is 5.61. The van der Waals surface area contributed by atoms with Gasteiger partial charge in [-0.25, -0.2) is 0 Å². The molecule has 0 fully saturated rings. The fourth-order valence-corrected chi connectivity index (χ4v) is 0. The molecule has 0 aliphatic rings. The molecule has 0 nitrogen and oxygen atoms in total. The largest absolute Gasteiger partial charge is 0.109 e. The molecule has 0 heterocycles. The Morgan fingerprint density at radius 1 is 1.50 bits per heavy atom. The Balaban J connectivity index is 2.99. The van der Waals surface area contributed by atoms with Crippen LogP contribution in [0.4, 0.5) is 0 Å². The van der Waals surface area contributed by atoms with Crippen molar-refractivity contribution in [2.24, 2.45) is 0 Å². The molecule has 1 radical (unpaired) electrons. The summed E-state index contributed by atoms with van der Waals surface area (Å²) in [6.07, 6.45) is 0. The molecule has 1 unspecified atom stereocenters. The van der Waals surface area contributed by atoms with Crippen molar-refractivity contribution in [1.82, 2.24) is 0 Å². The number of hydrogen-bond acceptors (Lipinski definition) is 0. The molecule has 0 aliphatic carbocycles. The highest BCUT2D eigenvalue weighted by molar-refractivity contribution is 14.2. The molecule has 0 N–H and O–H groups in total. The molecule has 0 aromatic heterocycles. The molecule has 0 aliphatic heterocycles. The smallest absolute Gasteiger partial charge is 0.0805 e. The minimum absolute atomic E-state index is 0.712. The summed E-state index contributed by atoms with van der Waals surface area (Å²) in [5, 5.41) is 0. The lowest BCUT2D eigenvalue weighted by Gasteiger charge is -1.97. The second kappa shape index (κ2) is 4.11. The first-order valence-corrected chi connectivity index (χ1v) is 4.87. The van der Waals surface area contributed by atoms with Crippen molar-refractivity contribution in [3.63, 3.8) is 0 Å². The van der Waals surface area contributed by atoms with Gasteiger partial charge < -0.3 is 0 Å². The summed E-state index contributed by atoms with van der Waals surface area (Å²) < 4.78 is 2.15. The lowest BCUT2D eigenvalue weighted by atomic mass is 10.6. The Morgan fingerprint density at radius 3 is 1.67 bits per heavy atom. The van der Waals surface area contributed by atoms with Crippen LogP contribution in [0.25, 0.3) is 0 Å². The minimum Gasteiger partial charge on any atom is -0.0805 e. The average Bonchev–Trinajstić information content (AvgIpc) is 1.36. The quantitative estimate of drug-likeness (QED) is 0.451. The fraction of sp³-hybridized carbons (Fsp3) is 0.667. The van der Waals surface area contributed by atoms with E-state index >= 15 is 0 Å². The van der Waals surface area contributed by atoms with Gasteiger partial charge in [0.2, 0.25) is 0 Å². The lowest BCUT2D eigenvalue weighted by molar-refractivity contribution is 1.28. The molecule has 0 aromatic rings. The fourth-order valence-electron chi connectivity index (χ4n) is 0. The second-order valence-corrected chi connectivity index (χ2v) is 7.16. The first-order chi connectivity index (χ1) is 2.64. The molecule has 3 heteroatoms. The van der Waals surface area contributed by atoms with E-state index in [1.165, 1.54) is 1.93 Å². The highest BCUT2D eigenvalue weighted by Crippen LogP contribution is 2.28. The summed E-state index contributed by atoms with van der Waals surface area (Å²) in [6, 6.07) is 0. The van der Waals surface area contributed by atoms with Gasteiger partial charge in [0.15, 0.2) is 0 Å². The summed E-state index contributed by atoms with van der Waals surface area (Å²) in [5.41, 5.74) is 0. The molecule has 0 aromatic carbocycles. The van der Waals surface area contributed by atoms with Gasteiger partial charge in [-0.2, -0.15) is 0 Å². The third-order valence-corrected chi connectivity index (χ3v) is 5.18. The van der Waals surface area contributed by atoms with Crippen molar-refractivity contribution in [2.75, 3.05) is 0 Å². The standard InChI is InChI=1S/C3H4I3/c1-2(4)3(5)6/h2H,1H3. The lowest BCUT2D eigenvalue weighted by Crippen LogP contribution is -1.87. The van der Waals surface area contributed by atoms with E-state index in [2.05, 4.69) is 74.7 Å². The van der Waals surface area contributed by atoms with Crippen LogP contribution in [0.15, 0.2) is 0 Å². The Hall–Kier alpha value is 2.19. The van der Waals surface area contributed by atoms with Crippen molar-refractivity contribution >= 4 is 67.8 Å². The van der Waals surface area contributed by atoms with Gasteiger partial charge in [-0.15, -0.1) is 0 Å². The van der Waals surface area contributed by atoms with E-state index in [9.17, 15) is 0 Å². The van der Waals surface area contributed by atoms with Crippen LogP contribution < -0.4 is 0 Å². The molecular formula is C3H4I3. The predicted octanol–water partition coefficient (Wildman–Crippen LogP) is 3.17. The topological polar surface area (TPSA) is 0 Å². The number of halogens is 3. The normalized spacial score (nSPS) is 15.5. The van der Waals surface area contributed by atoms with E-state index in [-0.39, 0.29) is 0 Å². The van der Waals surface area contributed by atoms with Crippen LogP contribution in [0.3, 0.4) is 0 Å². The van der Waals surface area contributed by atoms with Crippen LogP contribution in [-0.2, 0) is 0 Å². The zero-order valence-corrected chi connectivity index (χ0v) is 9.68. The van der Waals surface area contributed by atoms with Gasteiger partial charge in [0.25, 0.3) is 0 Å². The van der Waals surface area contributed by atoms with E-state index in [1.54, 1.807) is 0 Å². The summed E-state index contributed by atoms with van der Waals surface area (Å²) in [5.74, 6) is 0. The molecule has 0 saturated heterocycles. The number of hydrogen-bond donors (Lipinski definition) is 0. The zero-order valence-electron chi connectivity index (χ0n) is 3.21. The minimum atomic E-state index is 0.712. The summed E-state index contributed by atoms with van der Waals surface area (Å²) in [6.45, 7) is 2.18. The van der Waals surface area contributed by atoms with Crippen molar-refractivity contribution in [2.45, 2.75) is 10.8 Å². The van der Waals surface area contributed by atoms with Crippen molar-refractivity contribution in [1.29, 1.82) is 0 Å². The van der Waals surface area contributed by atoms with E-state index in [1.807, 2.05) is 0 Å². The molecule has 1 atom stereocenters. The Labute approximate surface area is 79.3 Å². The van der Waals surface area contributed by atoms with Crippen molar-refractivity contribution < 1.29 is 0 Å². The first-order valence-electron chi connectivity index (χ1n) is 1.46. The molecule has 0 spiro atoms. The maximum Gasteiger partial charge on any atom is 0.109 e. The van der Waals surface area contributed by atoms with Crippen LogP contribution >= 0.6 is 67.8 Å². The van der Waals surface area contributed by atoms with Crippen LogP contribution in [-0.4, -0.2) is 3.92 Å². The summed E-state index contributed by atoms with van der Waals surface area (Å²) in [4.78, 5) is 0. The molecule has 0 amide bonds. The molecular weight excluding hydrogens is 417 g/mol. The first kappa shape index (κ1) is 8.19. The average molecular weight is 421 g/mol. The van der Waals surface area contributed by atoms with Crippen LogP contribution in [0, 0.1) is 1.93 Å². The van der Waals surface area contributed by atoms with Crippen LogP contribution in [0.2, 0.25) is 0 Å². The predicted molar refractivity (Wildman–Crippen MR) is 54.8 cm³/mol. The van der Waals surface area contributed by atoms with Gasteiger partial charge >= 0.3 is 0 Å². The second-order valence-electron chi connectivity index (χ2n) is 0.906. The Morgan fingerprint density at radius 2 is 1.67 bits per heavy atom. The maximum absolute atomic E-state index is 2.38.